The van der Waals surface area contributed by atoms with E-state index in [-0.39, 0.29) is 11.8 Å². The number of aliphatic hydroxyl groups is 1. The molecule has 0 spiro atoms. The summed E-state index contributed by atoms with van der Waals surface area (Å²) < 4.78 is 0. The molecule has 1 aromatic heterocycles. The number of carboxylic acids is 1. The van der Waals surface area contributed by atoms with Crippen molar-refractivity contribution in [3.05, 3.63) is 16.6 Å². The van der Waals surface area contributed by atoms with Crippen LogP contribution in [-0.2, 0) is 10.4 Å². The van der Waals surface area contributed by atoms with Crippen molar-refractivity contribution in [2.75, 3.05) is 0 Å². The lowest BCUT2D eigenvalue weighted by atomic mass is 9.58. The first-order valence-electron chi connectivity index (χ1n) is 6.72. The number of thiazole rings is 1. The molecule has 0 bridgehead atoms. The highest BCUT2D eigenvalue weighted by molar-refractivity contribution is 7.09. The van der Waals surface area contributed by atoms with Gasteiger partial charge in [-0.05, 0) is 31.1 Å². The van der Waals surface area contributed by atoms with Gasteiger partial charge in [0.15, 0.2) is 0 Å². The fourth-order valence-corrected chi connectivity index (χ4v) is 4.47. The zero-order chi connectivity index (χ0) is 14.3. The summed E-state index contributed by atoms with van der Waals surface area (Å²) in [6.07, 6.45) is 3.29. The average molecular weight is 283 g/mol. The molecule has 1 fully saturated rings. The summed E-state index contributed by atoms with van der Waals surface area (Å²) in [5.41, 5.74) is -1.70. The van der Waals surface area contributed by atoms with Crippen LogP contribution in [0.2, 0.25) is 0 Å². The molecule has 0 aromatic carbocycles. The predicted molar refractivity (Wildman–Crippen MR) is 73.9 cm³/mol. The van der Waals surface area contributed by atoms with E-state index in [2.05, 4.69) is 4.98 Å². The number of carbonyl (C=O) groups is 1. The molecule has 1 aromatic rings. The first-order valence-corrected chi connectivity index (χ1v) is 7.60. The van der Waals surface area contributed by atoms with Gasteiger partial charge < -0.3 is 10.2 Å². The summed E-state index contributed by atoms with van der Waals surface area (Å²) >= 11 is 1.44. The van der Waals surface area contributed by atoms with Gasteiger partial charge in [0.2, 0.25) is 0 Å². The van der Waals surface area contributed by atoms with E-state index in [9.17, 15) is 15.0 Å². The van der Waals surface area contributed by atoms with E-state index in [0.717, 1.165) is 0 Å². The van der Waals surface area contributed by atoms with E-state index < -0.39 is 17.0 Å². The van der Waals surface area contributed by atoms with Crippen LogP contribution in [-0.4, -0.2) is 21.2 Å². The molecule has 19 heavy (non-hydrogen) atoms. The maximum Gasteiger partial charge on any atom is 0.309 e. The van der Waals surface area contributed by atoms with Gasteiger partial charge in [-0.3, -0.25) is 4.79 Å². The van der Waals surface area contributed by atoms with Crippen LogP contribution in [0.4, 0.5) is 0 Å². The van der Waals surface area contributed by atoms with E-state index in [1.807, 2.05) is 26.2 Å². The monoisotopic (exact) mass is 283 g/mol. The predicted octanol–water partition coefficient (Wildman–Crippen LogP) is 2.88. The Balaban J connectivity index is 2.37. The van der Waals surface area contributed by atoms with Crippen molar-refractivity contribution in [1.29, 1.82) is 0 Å². The Hall–Kier alpha value is -0.940. The van der Waals surface area contributed by atoms with Crippen LogP contribution in [0.3, 0.4) is 0 Å². The van der Waals surface area contributed by atoms with Gasteiger partial charge in [-0.25, -0.2) is 4.98 Å². The normalized spacial score (nSPS) is 39.2. The van der Waals surface area contributed by atoms with Gasteiger partial charge >= 0.3 is 5.97 Å². The highest BCUT2D eigenvalue weighted by Gasteiger charge is 2.55. The van der Waals surface area contributed by atoms with Crippen LogP contribution in [0.15, 0.2) is 11.6 Å². The fourth-order valence-electron chi connectivity index (χ4n) is 3.51. The van der Waals surface area contributed by atoms with Crippen molar-refractivity contribution in [3.63, 3.8) is 0 Å². The van der Waals surface area contributed by atoms with Crippen molar-refractivity contribution < 1.29 is 15.0 Å². The van der Waals surface area contributed by atoms with Gasteiger partial charge in [0, 0.05) is 11.6 Å². The summed E-state index contributed by atoms with van der Waals surface area (Å²) in [6, 6.07) is 0. The molecule has 2 rings (SSSR count). The first kappa shape index (κ1) is 14.5. The molecule has 0 amide bonds. The third-order valence-electron chi connectivity index (χ3n) is 4.80. The number of aromatic nitrogens is 1. The van der Waals surface area contributed by atoms with Crippen LogP contribution < -0.4 is 0 Å². The van der Waals surface area contributed by atoms with E-state index in [1.54, 1.807) is 6.20 Å². The lowest BCUT2D eigenvalue weighted by Gasteiger charge is -2.49. The molecule has 2 N–H and O–H groups in total. The van der Waals surface area contributed by atoms with Gasteiger partial charge in [0.25, 0.3) is 0 Å². The lowest BCUT2D eigenvalue weighted by molar-refractivity contribution is -0.169. The van der Waals surface area contributed by atoms with Crippen LogP contribution >= 0.6 is 11.3 Å². The van der Waals surface area contributed by atoms with Crippen molar-refractivity contribution >= 4 is 17.3 Å². The summed E-state index contributed by atoms with van der Waals surface area (Å²) in [5, 5.41) is 23.1. The highest BCUT2D eigenvalue weighted by Crippen LogP contribution is 2.53. The third kappa shape index (κ3) is 2.09. The minimum atomic E-state index is -0.998. The van der Waals surface area contributed by atoms with E-state index in [4.69, 9.17) is 0 Å². The number of carboxylic acid groups (broad SMARTS) is 1. The summed E-state index contributed by atoms with van der Waals surface area (Å²) in [6.45, 7) is 5.79. The molecule has 1 saturated carbocycles. The molecule has 1 aliphatic carbocycles. The van der Waals surface area contributed by atoms with Gasteiger partial charge in [-0.15, -0.1) is 11.3 Å². The molecule has 2 atom stereocenters. The lowest BCUT2D eigenvalue weighted by Crippen LogP contribution is -2.51. The molecular formula is C14H21NO3S. The van der Waals surface area contributed by atoms with Crippen LogP contribution in [0.25, 0.3) is 0 Å². The van der Waals surface area contributed by atoms with Crippen LogP contribution in [0.1, 0.15) is 45.0 Å². The number of aliphatic carboxylic acids is 1. The van der Waals surface area contributed by atoms with Crippen LogP contribution in [0.5, 0.6) is 0 Å². The standard InChI is InChI=1S/C14H21NO3S/c1-4-13(12(16)17)7-9(2)14(18,10(3)8-13)11-15-5-6-19-11/h5-6,9-10,18H,4,7-8H2,1-3H3,(H,16,17). The topological polar surface area (TPSA) is 70.4 Å². The Morgan fingerprint density at radius 2 is 2.05 bits per heavy atom. The molecular weight excluding hydrogens is 262 g/mol. The van der Waals surface area contributed by atoms with E-state index in [1.165, 1.54) is 11.3 Å². The van der Waals surface area contributed by atoms with E-state index >= 15 is 0 Å². The SMILES string of the molecule is CCC1(C(=O)O)CC(C)C(O)(c2nccs2)C(C)C1. The first-order chi connectivity index (χ1) is 8.86. The van der Waals surface area contributed by atoms with Crippen molar-refractivity contribution in [1.82, 2.24) is 4.98 Å². The van der Waals surface area contributed by atoms with E-state index in [0.29, 0.717) is 24.3 Å². The molecule has 0 saturated heterocycles. The second kappa shape index (κ2) is 4.87. The Kier molecular flexibility index (Phi) is 3.71. The second-order valence-corrected chi connectivity index (χ2v) is 6.71. The molecule has 4 nitrogen and oxygen atoms in total. The summed E-state index contributed by atoms with van der Waals surface area (Å²) in [7, 11) is 0. The number of hydrogen-bond acceptors (Lipinski definition) is 4. The molecule has 2 unspecified atom stereocenters. The quantitative estimate of drug-likeness (QED) is 0.895. The Morgan fingerprint density at radius 3 is 2.42 bits per heavy atom. The molecule has 0 radical (unpaired) electrons. The van der Waals surface area contributed by atoms with Crippen molar-refractivity contribution in [2.45, 2.75) is 45.6 Å². The largest absolute Gasteiger partial charge is 0.481 e. The average Bonchev–Trinajstić information content (AvgIpc) is 2.89. The maximum atomic E-state index is 11.6. The number of nitrogens with zero attached hydrogens (tertiary/aromatic N) is 1. The number of rotatable bonds is 3. The van der Waals surface area contributed by atoms with Gasteiger partial charge in [0.1, 0.15) is 10.6 Å². The minimum Gasteiger partial charge on any atom is -0.481 e. The second-order valence-electron chi connectivity index (χ2n) is 5.81. The van der Waals surface area contributed by atoms with Gasteiger partial charge in [-0.2, -0.15) is 0 Å². The zero-order valence-corrected chi connectivity index (χ0v) is 12.4. The minimum absolute atomic E-state index is 0.113. The number of hydrogen-bond donors (Lipinski definition) is 2. The van der Waals surface area contributed by atoms with Gasteiger partial charge in [0.05, 0.1) is 5.41 Å². The molecule has 0 aliphatic heterocycles. The molecule has 106 valence electrons. The fraction of sp³-hybridized carbons (Fsp3) is 0.714. The van der Waals surface area contributed by atoms with Crippen molar-refractivity contribution in [3.8, 4) is 0 Å². The Morgan fingerprint density at radius 1 is 1.47 bits per heavy atom. The summed E-state index contributed by atoms with van der Waals surface area (Å²) in [4.78, 5) is 15.9. The van der Waals surface area contributed by atoms with Gasteiger partial charge in [-0.1, -0.05) is 20.8 Å². The Labute approximate surface area is 117 Å². The molecule has 1 heterocycles. The highest BCUT2D eigenvalue weighted by atomic mass is 32.1. The summed E-state index contributed by atoms with van der Waals surface area (Å²) in [5.74, 6) is -0.966. The van der Waals surface area contributed by atoms with Crippen molar-refractivity contribution in [2.24, 2.45) is 17.3 Å². The maximum absolute atomic E-state index is 11.6. The molecule has 1 aliphatic rings. The zero-order valence-electron chi connectivity index (χ0n) is 11.6. The van der Waals surface area contributed by atoms with Crippen LogP contribution in [0, 0.1) is 17.3 Å². The molecule has 5 heteroatoms. The smallest absolute Gasteiger partial charge is 0.309 e. The third-order valence-corrected chi connectivity index (χ3v) is 5.72. The Bertz CT molecular complexity index is 445.